The highest BCUT2D eigenvalue weighted by molar-refractivity contribution is 6.88. The zero-order valence-corrected chi connectivity index (χ0v) is 39.3. The van der Waals surface area contributed by atoms with E-state index in [9.17, 15) is 0 Å². The van der Waals surface area contributed by atoms with Crippen LogP contribution in [0, 0.1) is 6.92 Å². The van der Waals surface area contributed by atoms with Crippen molar-refractivity contribution in [2.45, 2.75) is 26.6 Å². The van der Waals surface area contributed by atoms with Gasteiger partial charge >= 0.3 is 0 Å². The van der Waals surface area contributed by atoms with Gasteiger partial charge in [-0.2, -0.15) is 0 Å². The first kappa shape index (κ1) is 40.5. The van der Waals surface area contributed by atoms with Crippen LogP contribution in [0.3, 0.4) is 0 Å². The van der Waals surface area contributed by atoms with E-state index in [-0.39, 0.29) is 0 Å². The molecule has 0 atom stereocenters. The van der Waals surface area contributed by atoms with Crippen LogP contribution >= 0.6 is 0 Å². The zero-order valence-electron chi connectivity index (χ0n) is 38.3. The van der Waals surface area contributed by atoms with Crippen LogP contribution in [-0.2, 0) is 0 Å². The molecule has 0 aliphatic heterocycles. The number of aryl methyl sites for hydroxylation is 1. The number of anilines is 6. The molecule has 0 saturated heterocycles. The van der Waals surface area contributed by atoms with Crippen molar-refractivity contribution in [3.05, 3.63) is 236 Å². The Hall–Kier alpha value is -7.98. The fourth-order valence-electron chi connectivity index (χ4n) is 10.5. The molecule has 12 aromatic rings. The topological polar surface area (TPSA) is 6.48 Å². The molecule has 0 unspecified atom stereocenters. The standard InChI is InChI=1S/C64H50N2Si/c1-43-29-31-48(32-30-43)65(46-21-7-5-8-22-46)61-41-59(53-27-15-19-44-17-11-13-25-51(44)53)55-38-40-58-62(66(47-23-9-6-10-24-47)49-33-35-50(36-34-49)67(2,3)4)42-60(56-37-39-57(61)63(55)64(56)58)54-28-16-20-45-18-12-14-26-52(45)54/h5-42H,1-4H3. The van der Waals surface area contributed by atoms with Crippen LogP contribution in [-0.4, -0.2) is 8.07 Å². The Morgan fingerprint density at radius 1 is 0.299 bits per heavy atom. The van der Waals surface area contributed by atoms with Crippen LogP contribution in [0.1, 0.15) is 5.56 Å². The van der Waals surface area contributed by atoms with Crippen molar-refractivity contribution >= 4 is 101 Å². The van der Waals surface area contributed by atoms with E-state index in [4.69, 9.17) is 0 Å². The highest BCUT2D eigenvalue weighted by Gasteiger charge is 2.27. The molecule has 0 bridgehead atoms. The largest absolute Gasteiger partial charge is 0.310 e. The lowest BCUT2D eigenvalue weighted by molar-refractivity contribution is 1.29. The first-order valence-electron chi connectivity index (χ1n) is 23.4. The molecule has 12 aromatic carbocycles. The second-order valence-electron chi connectivity index (χ2n) is 19.0. The number of para-hydroxylation sites is 2. The van der Waals surface area contributed by atoms with Gasteiger partial charge in [-0.1, -0.05) is 200 Å². The fourth-order valence-corrected chi connectivity index (χ4v) is 11.7. The van der Waals surface area contributed by atoms with Crippen LogP contribution < -0.4 is 15.0 Å². The minimum Gasteiger partial charge on any atom is -0.310 e. The lowest BCUT2D eigenvalue weighted by Gasteiger charge is -2.31. The van der Waals surface area contributed by atoms with Gasteiger partial charge in [0.1, 0.15) is 0 Å². The number of fused-ring (bicyclic) bond motifs is 2. The van der Waals surface area contributed by atoms with Gasteiger partial charge in [0.2, 0.25) is 0 Å². The quantitative estimate of drug-likeness (QED) is 0.105. The van der Waals surface area contributed by atoms with Crippen molar-refractivity contribution in [1.29, 1.82) is 0 Å². The van der Waals surface area contributed by atoms with Gasteiger partial charge in [0.05, 0.1) is 19.4 Å². The Bertz CT molecular complexity index is 3770. The second kappa shape index (κ2) is 16.2. The Morgan fingerprint density at radius 2 is 0.672 bits per heavy atom. The summed E-state index contributed by atoms with van der Waals surface area (Å²) < 4.78 is 0. The summed E-state index contributed by atoms with van der Waals surface area (Å²) in [5.41, 5.74) is 12.9. The maximum Gasteiger partial charge on any atom is 0.0775 e. The summed E-state index contributed by atoms with van der Waals surface area (Å²) in [6, 6.07) is 85.9. The van der Waals surface area contributed by atoms with Crippen molar-refractivity contribution in [3.63, 3.8) is 0 Å². The van der Waals surface area contributed by atoms with E-state index < -0.39 is 8.07 Å². The van der Waals surface area contributed by atoms with Gasteiger partial charge in [0, 0.05) is 44.3 Å². The van der Waals surface area contributed by atoms with Crippen LogP contribution in [0.4, 0.5) is 34.1 Å². The number of hydrogen-bond acceptors (Lipinski definition) is 2. The first-order valence-corrected chi connectivity index (χ1v) is 26.9. The van der Waals surface area contributed by atoms with E-state index in [0.29, 0.717) is 0 Å². The van der Waals surface area contributed by atoms with Crippen LogP contribution in [0.15, 0.2) is 231 Å². The van der Waals surface area contributed by atoms with Gasteiger partial charge in [-0.05, 0) is 122 Å². The summed E-state index contributed by atoms with van der Waals surface area (Å²) in [7, 11) is -1.56. The van der Waals surface area contributed by atoms with Gasteiger partial charge in [-0.25, -0.2) is 0 Å². The number of nitrogens with zero attached hydrogens (tertiary/aromatic N) is 2. The minimum absolute atomic E-state index is 1.11. The van der Waals surface area contributed by atoms with Crippen molar-refractivity contribution in [1.82, 2.24) is 0 Å². The molecule has 320 valence electrons. The predicted octanol–water partition coefficient (Wildman–Crippen LogP) is 18.0. The predicted molar refractivity (Wildman–Crippen MR) is 293 cm³/mol. The van der Waals surface area contributed by atoms with Crippen LogP contribution in [0.25, 0.3) is 76.1 Å². The van der Waals surface area contributed by atoms with Crippen molar-refractivity contribution < 1.29 is 0 Å². The molecule has 2 nitrogen and oxygen atoms in total. The summed E-state index contributed by atoms with van der Waals surface area (Å²) in [5.74, 6) is 0. The van der Waals surface area contributed by atoms with Crippen molar-refractivity contribution in [2.75, 3.05) is 9.80 Å². The maximum atomic E-state index is 2.49. The molecule has 0 saturated carbocycles. The molecule has 0 N–H and O–H groups in total. The lowest BCUT2D eigenvalue weighted by atomic mass is 9.84. The SMILES string of the molecule is Cc1ccc(N(c2ccccc2)c2cc(-c3cccc4ccccc34)c3ccc4c(N(c5ccccc5)c5ccc([Si](C)(C)C)cc5)cc(-c5cccc6ccccc56)c5ccc2c3c54)cc1. The van der Waals surface area contributed by atoms with Crippen molar-refractivity contribution in [3.8, 4) is 22.3 Å². The third kappa shape index (κ3) is 6.94. The molecule has 0 heterocycles. The van der Waals surface area contributed by atoms with E-state index in [1.807, 2.05) is 0 Å². The third-order valence-corrected chi connectivity index (χ3v) is 15.9. The highest BCUT2D eigenvalue weighted by atomic mass is 28.3. The Labute approximate surface area is 394 Å². The Balaban J connectivity index is 1.27. The molecule has 0 fully saturated rings. The van der Waals surface area contributed by atoms with Crippen LogP contribution in [0.2, 0.25) is 19.6 Å². The third-order valence-electron chi connectivity index (χ3n) is 13.8. The molecule has 0 aliphatic rings. The summed E-state index contributed by atoms with van der Waals surface area (Å²) >= 11 is 0. The molecular formula is C64H50N2Si. The molecule has 3 heteroatoms. The van der Waals surface area contributed by atoms with Gasteiger partial charge in [0.15, 0.2) is 0 Å². The van der Waals surface area contributed by atoms with Gasteiger partial charge in [-0.3, -0.25) is 0 Å². The first-order chi connectivity index (χ1) is 32.8. The van der Waals surface area contributed by atoms with E-state index in [1.54, 1.807) is 0 Å². The second-order valence-corrected chi connectivity index (χ2v) is 24.1. The van der Waals surface area contributed by atoms with E-state index >= 15 is 0 Å². The minimum atomic E-state index is -1.56. The average molecular weight is 875 g/mol. The lowest BCUT2D eigenvalue weighted by Crippen LogP contribution is -2.37. The molecule has 0 amide bonds. The zero-order chi connectivity index (χ0) is 45.2. The normalized spacial score (nSPS) is 11.9. The van der Waals surface area contributed by atoms with Gasteiger partial charge in [-0.15, -0.1) is 0 Å². The van der Waals surface area contributed by atoms with E-state index in [1.165, 1.54) is 86.9 Å². The van der Waals surface area contributed by atoms with E-state index in [2.05, 4.69) is 267 Å². The molecule has 0 radical (unpaired) electrons. The highest BCUT2D eigenvalue weighted by Crippen LogP contribution is 2.53. The van der Waals surface area contributed by atoms with Gasteiger partial charge in [0.25, 0.3) is 0 Å². The Kier molecular flexibility index (Phi) is 9.78. The number of hydrogen-bond donors (Lipinski definition) is 0. The van der Waals surface area contributed by atoms with Gasteiger partial charge < -0.3 is 9.80 Å². The summed E-state index contributed by atoms with van der Waals surface area (Å²) in [5, 5.41) is 13.8. The summed E-state index contributed by atoms with van der Waals surface area (Å²) in [4.78, 5) is 4.95. The van der Waals surface area contributed by atoms with Crippen LogP contribution in [0.5, 0.6) is 0 Å². The molecule has 67 heavy (non-hydrogen) atoms. The molecule has 0 aliphatic carbocycles. The molecule has 0 spiro atoms. The molecule has 12 rings (SSSR count). The maximum absolute atomic E-state index is 2.49. The molecule has 0 aromatic heterocycles. The fraction of sp³-hybridized carbons (Fsp3) is 0.0625. The van der Waals surface area contributed by atoms with Crippen molar-refractivity contribution in [2.24, 2.45) is 0 Å². The number of benzene rings is 12. The Morgan fingerprint density at radius 3 is 1.12 bits per heavy atom. The monoisotopic (exact) mass is 874 g/mol. The molecular weight excluding hydrogens is 825 g/mol. The summed E-state index contributed by atoms with van der Waals surface area (Å²) in [6.45, 7) is 9.43. The number of rotatable bonds is 9. The van der Waals surface area contributed by atoms with E-state index in [0.717, 1.165) is 34.1 Å². The smallest absolute Gasteiger partial charge is 0.0775 e. The average Bonchev–Trinajstić information content (AvgIpc) is 3.37. The summed E-state index contributed by atoms with van der Waals surface area (Å²) in [6.07, 6.45) is 0.